The SMILES string of the molecule is C=P(C)(C)OC1CC(CC)N(C)C1.C=P(C)(C)OC1CCN(C)C1CC.C=P(C)(C)OC1CN(C)CC1CC.C=P(C)(C)OCC(CO)N(C)C.C=P(C)(C)OCC1C(C)CCN1C.C=P(C)(C)OCC1CC(C)CN1C.C=P(C)(C)OCC1CN(C)CC1C. The molecule has 0 radical (unpaired) electrons. The van der Waals surface area contributed by atoms with Crippen LogP contribution in [-0.2, 0) is 31.7 Å². The second-order valence-corrected chi connectivity index (χ2v) is 55.3. The van der Waals surface area contributed by atoms with E-state index in [-0.39, 0.29) is 12.6 Å². The summed E-state index contributed by atoms with van der Waals surface area (Å²) in [5.41, 5.74) is 0. The Morgan fingerprint density at radius 1 is 0.444 bits per heavy atom. The van der Waals surface area contributed by atoms with E-state index in [1.165, 1.54) is 84.2 Å². The van der Waals surface area contributed by atoms with Gasteiger partial charge in [0.25, 0.3) is 0 Å². The van der Waals surface area contributed by atoms with Crippen LogP contribution in [0.25, 0.3) is 0 Å². The number of likely N-dealkylation sites (tertiary alicyclic amines) is 6. The van der Waals surface area contributed by atoms with Gasteiger partial charge in [0.15, 0.2) is 0 Å². The topological polar surface area (TPSA) is 108 Å². The number of nitrogens with zero attached hydrogens (tertiary/aromatic N) is 7. The molecule has 0 amide bonds. The summed E-state index contributed by atoms with van der Waals surface area (Å²) in [6.07, 6.45) is 38.2. The molecule has 22 heteroatoms. The summed E-state index contributed by atoms with van der Waals surface area (Å²) in [5, 5.41) is 8.96. The number of hydrogen-bond donors (Lipinski definition) is 1. The highest BCUT2D eigenvalue weighted by molar-refractivity contribution is 7.69. The van der Waals surface area contributed by atoms with Gasteiger partial charge in [0.1, 0.15) is 0 Å². The fourth-order valence-electron chi connectivity index (χ4n) is 12.0. The van der Waals surface area contributed by atoms with Crippen LogP contribution in [0.4, 0.5) is 0 Å². The number of aliphatic hydroxyl groups is 1. The van der Waals surface area contributed by atoms with Crippen LogP contribution in [0.5, 0.6) is 0 Å². The average molecular weight is 1410 g/mol. The van der Waals surface area contributed by atoms with Crippen LogP contribution in [-0.4, -0.2) is 367 Å². The van der Waals surface area contributed by atoms with E-state index in [9.17, 15) is 0 Å². The van der Waals surface area contributed by atoms with Crippen molar-refractivity contribution in [2.24, 2.45) is 29.6 Å². The molecule has 0 aromatic heterocycles. The zero-order valence-corrected chi connectivity index (χ0v) is 70.4. The summed E-state index contributed by atoms with van der Waals surface area (Å²) in [7, 11) is 7.73. The Morgan fingerprint density at radius 3 is 1.29 bits per heavy atom. The smallest absolute Gasteiger partial charge is 0.0782 e. The zero-order valence-electron chi connectivity index (χ0n) is 64.2. The number of hydrogen-bond acceptors (Lipinski definition) is 15. The average Bonchev–Trinajstić information content (AvgIpc) is 1.97. The summed E-state index contributed by atoms with van der Waals surface area (Å²) in [6.45, 7) is 55.9. The predicted octanol–water partition coefficient (Wildman–Crippen LogP) is 12.5. The van der Waals surface area contributed by atoms with Crippen molar-refractivity contribution in [3.8, 4) is 0 Å². The van der Waals surface area contributed by atoms with Gasteiger partial charge in [-0.2, -0.15) is 0 Å². The van der Waals surface area contributed by atoms with E-state index in [1.54, 1.807) is 0 Å². The zero-order chi connectivity index (χ0) is 70.1. The van der Waals surface area contributed by atoms with Crippen LogP contribution >= 0.6 is 49.8 Å². The third kappa shape index (κ3) is 43.8. The normalized spacial score (nSPS) is 29.0. The molecule has 0 aliphatic carbocycles. The molecule has 0 aromatic carbocycles. The van der Waals surface area contributed by atoms with E-state index in [0.29, 0.717) is 54.9 Å². The fourth-order valence-corrected chi connectivity index (χ4v) is 17.2. The molecule has 6 fully saturated rings. The summed E-state index contributed by atoms with van der Waals surface area (Å²) in [6, 6.07) is 2.65. The Balaban J connectivity index is 0.00000103. The maximum Gasteiger partial charge on any atom is 0.0782 e. The maximum atomic E-state index is 8.96. The highest BCUT2D eigenvalue weighted by Crippen LogP contribution is 2.45. The summed E-state index contributed by atoms with van der Waals surface area (Å²) >= 11 is 0. The van der Waals surface area contributed by atoms with Crippen molar-refractivity contribution in [2.75, 3.05) is 235 Å². The fraction of sp³-hybridized carbons (Fsp3) is 0.897. The first-order chi connectivity index (χ1) is 40.8. The quantitative estimate of drug-likeness (QED) is 0.0980. The third-order valence-corrected chi connectivity index (χ3v) is 23.0. The van der Waals surface area contributed by atoms with Gasteiger partial charge < -0.3 is 71.1 Å². The van der Waals surface area contributed by atoms with Gasteiger partial charge in [-0.25, -0.2) is 0 Å². The van der Waals surface area contributed by atoms with Crippen LogP contribution in [0.3, 0.4) is 0 Å². The summed E-state index contributed by atoms with van der Waals surface area (Å²) in [4.78, 5) is 16.3. The van der Waals surface area contributed by atoms with Gasteiger partial charge in [-0.05, 0) is 281 Å². The predicted molar refractivity (Wildman–Crippen MR) is 429 cm³/mol. The van der Waals surface area contributed by atoms with Crippen molar-refractivity contribution in [2.45, 2.75) is 135 Å². The van der Waals surface area contributed by atoms with Crippen LogP contribution in [0.1, 0.15) is 86.5 Å². The lowest BCUT2D eigenvalue weighted by atomic mass is 10.00. The van der Waals surface area contributed by atoms with Crippen molar-refractivity contribution in [3.05, 3.63) is 0 Å². The van der Waals surface area contributed by atoms with E-state index in [4.69, 9.17) is 36.8 Å². The van der Waals surface area contributed by atoms with Gasteiger partial charge in [0.05, 0.1) is 57.4 Å². The highest BCUT2D eigenvalue weighted by Gasteiger charge is 2.35. The van der Waals surface area contributed by atoms with Crippen molar-refractivity contribution in [1.29, 1.82) is 0 Å². The van der Waals surface area contributed by atoms with Gasteiger partial charge in [-0.1, -0.05) is 85.6 Å². The Labute approximate surface area is 561 Å². The van der Waals surface area contributed by atoms with Crippen molar-refractivity contribution >= 4 is 93.9 Å². The second kappa shape index (κ2) is 42.6. The minimum Gasteiger partial charge on any atom is -0.395 e. The van der Waals surface area contributed by atoms with Crippen molar-refractivity contribution < 1.29 is 36.8 Å². The highest BCUT2D eigenvalue weighted by atomic mass is 31.2. The van der Waals surface area contributed by atoms with Crippen LogP contribution in [0.2, 0.25) is 0 Å². The summed E-state index contributed by atoms with van der Waals surface area (Å²) in [5.74, 6) is 3.80. The Hall–Kier alpha value is 1.50. The molecule has 90 heavy (non-hydrogen) atoms. The molecule has 1 N–H and O–H groups in total. The van der Waals surface area contributed by atoms with E-state index in [1.807, 2.05) is 32.3 Å². The molecule has 0 bridgehead atoms. The van der Waals surface area contributed by atoms with Crippen molar-refractivity contribution in [1.82, 2.24) is 34.3 Å². The standard InChI is InChI=1S/6C10H22NOP.C8H20NO2P/c1-9-6-11(2)7-10(9)8-12-13(3,4)5;1-9-6-10(11(2)7-9)8-12-13(3,4)5;1-9-6-7-11(2)10(9)8-12-13(3,4)5;1-6-9-7-11(2)8-10(9)12-13(3,4)5;1-6-9-7-10(8-11(9)2)12-13(3,4)5;1-6-9-10(7-8-11(9)2)12-13(3,4)5;1-9(2)8(6-10)7-11-12(3,4)5/h6*9-10H,3,6-8H2,1-2,4-5H3;8,10H,3,6-7H2,1-2,4-5H3. The molecule has 0 spiro atoms. The molecule has 13 atom stereocenters. The molecule has 0 aromatic rings. The third-order valence-electron chi connectivity index (χ3n) is 17.1. The lowest BCUT2D eigenvalue weighted by molar-refractivity contribution is 0.124. The van der Waals surface area contributed by atoms with E-state index < -0.39 is 49.8 Å². The summed E-state index contributed by atoms with van der Waals surface area (Å²) < 4.78 is 41.0. The first-order valence-corrected chi connectivity index (χ1v) is 53.2. The molecular formula is C68H152N7O8P7. The molecule has 15 nitrogen and oxygen atoms in total. The Morgan fingerprint density at radius 2 is 0.900 bits per heavy atom. The molecule has 6 aliphatic rings. The van der Waals surface area contributed by atoms with Gasteiger partial charge in [0, 0.05) is 70.0 Å². The molecule has 6 saturated heterocycles. The molecule has 13 unspecified atom stereocenters. The first-order valence-electron chi connectivity index (χ1n) is 33.7. The van der Waals surface area contributed by atoms with E-state index in [2.05, 4.69) is 237 Å². The molecule has 6 aliphatic heterocycles. The van der Waals surface area contributed by atoms with Gasteiger partial charge >= 0.3 is 0 Å². The van der Waals surface area contributed by atoms with E-state index >= 15 is 0 Å². The van der Waals surface area contributed by atoms with Gasteiger partial charge in [-0.15, -0.1) is 0 Å². The minimum absolute atomic E-state index is 0.0889. The number of likely N-dealkylation sites (N-methyl/N-ethyl adjacent to an activating group) is 6. The molecule has 6 heterocycles. The molecule has 6 rings (SSSR count). The lowest BCUT2D eigenvalue weighted by Gasteiger charge is -2.27. The van der Waals surface area contributed by atoms with Crippen LogP contribution in [0.15, 0.2) is 0 Å². The van der Waals surface area contributed by atoms with Crippen molar-refractivity contribution in [3.63, 3.8) is 0 Å². The Kier molecular flexibility index (Phi) is 43.3. The largest absolute Gasteiger partial charge is 0.395 e. The van der Waals surface area contributed by atoms with Crippen LogP contribution < -0.4 is 0 Å². The number of aliphatic hydroxyl groups excluding tert-OH is 1. The van der Waals surface area contributed by atoms with E-state index in [0.717, 1.165) is 56.7 Å². The second-order valence-electron chi connectivity index (χ2n) is 31.6. The van der Waals surface area contributed by atoms with Gasteiger partial charge in [-0.3, -0.25) is 0 Å². The first kappa shape index (κ1) is 91.5. The monoisotopic (exact) mass is 1410 g/mol. The maximum absolute atomic E-state index is 8.96. The molecule has 542 valence electrons. The molecular weight excluding hydrogens is 1260 g/mol. The van der Waals surface area contributed by atoms with Crippen LogP contribution in [0, 0.1) is 29.6 Å². The lowest BCUT2D eigenvalue weighted by Crippen LogP contribution is -2.35. The Bertz CT molecular complexity index is 2230. The molecule has 0 saturated carbocycles. The number of rotatable bonds is 23. The van der Waals surface area contributed by atoms with Gasteiger partial charge in [0.2, 0.25) is 0 Å². The minimum atomic E-state index is -1.41.